The minimum Gasteiger partial charge on any atom is -0.393 e. The van der Waals surface area contributed by atoms with Gasteiger partial charge in [0.1, 0.15) is 0 Å². The molecule has 0 aromatic rings. The standard InChI is InChI=1S/C12H22O/c1-3-5-8-11(13)12(4-2)9-6-7-10-12/h3,11,13H,1,4-10H2,2H3. The zero-order chi connectivity index (χ0) is 9.73. The largest absolute Gasteiger partial charge is 0.393 e. The number of rotatable bonds is 5. The van der Waals surface area contributed by atoms with Gasteiger partial charge in [-0.3, -0.25) is 0 Å². The Kier molecular flexibility index (Phi) is 3.98. The van der Waals surface area contributed by atoms with Crippen molar-refractivity contribution < 1.29 is 5.11 Å². The first kappa shape index (κ1) is 10.8. The predicted molar refractivity (Wildman–Crippen MR) is 56.6 cm³/mol. The third-order valence-electron chi connectivity index (χ3n) is 3.65. The van der Waals surface area contributed by atoms with Gasteiger partial charge >= 0.3 is 0 Å². The fourth-order valence-electron chi connectivity index (χ4n) is 2.58. The molecular weight excluding hydrogens is 160 g/mol. The van der Waals surface area contributed by atoms with E-state index in [1.807, 2.05) is 6.08 Å². The maximum absolute atomic E-state index is 10.1. The highest BCUT2D eigenvalue weighted by Gasteiger charge is 2.38. The van der Waals surface area contributed by atoms with Crippen LogP contribution in [0.2, 0.25) is 0 Å². The summed E-state index contributed by atoms with van der Waals surface area (Å²) in [7, 11) is 0. The molecule has 1 unspecified atom stereocenters. The van der Waals surface area contributed by atoms with E-state index in [2.05, 4.69) is 13.5 Å². The summed E-state index contributed by atoms with van der Waals surface area (Å²) in [5.41, 5.74) is 0.253. The lowest BCUT2D eigenvalue weighted by Gasteiger charge is -2.33. The van der Waals surface area contributed by atoms with Gasteiger partial charge in [-0.25, -0.2) is 0 Å². The fraction of sp³-hybridized carbons (Fsp3) is 0.833. The van der Waals surface area contributed by atoms with Crippen LogP contribution in [0.5, 0.6) is 0 Å². The van der Waals surface area contributed by atoms with E-state index in [4.69, 9.17) is 0 Å². The number of aliphatic hydroxyl groups is 1. The number of hydrogen-bond acceptors (Lipinski definition) is 1. The van der Waals surface area contributed by atoms with Crippen molar-refractivity contribution in [3.05, 3.63) is 12.7 Å². The molecule has 1 N–H and O–H groups in total. The molecule has 1 saturated carbocycles. The van der Waals surface area contributed by atoms with E-state index in [1.165, 1.54) is 25.7 Å². The van der Waals surface area contributed by atoms with Crippen molar-refractivity contribution in [3.63, 3.8) is 0 Å². The van der Waals surface area contributed by atoms with Gasteiger partial charge in [0.25, 0.3) is 0 Å². The summed E-state index contributed by atoms with van der Waals surface area (Å²) in [5.74, 6) is 0. The van der Waals surface area contributed by atoms with Gasteiger partial charge in [0.2, 0.25) is 0 Å². The van der Waals surface area contributed by atoms with Gasteiger partial charge in [-0.05, 0) is 37.5 Å². The molecule has 0 radical (unpaired) electrons. The van der Waals surface area contributed by atoms with Crippen LogP contribution in [0.1, 0.15) is 51.9 Å². The van der Waals surface area contributed by atoms with Gasteiger partial charge < -0.3 is 5.11 Å². The van der Waals surface area contributed by atoms with Crippen LogP contribution in [0, 0.1) is 5.41 Å². The van der Waals surface area contributed by atoms with E-state index in [0.717, 1.165) is 19.3 Å². The van der Waals surface area contributed by atoms with Gasteiger partial charge in [0.15, 0.2) is 0 Å². The molecule has 0 aromatic heterocycles. The van der Waals surface area contributed by atoms with E-state index in [-0.39, 0.29) is 11.5 Å². The molecule has 0 saturated heterocycles. The third kappa shape index (κ3) is 2.34. The first-order valence-electron chi connectivity index (χ1n) is 5.54. The minimum absolute atomic E-state index is 0.0991. The maximum Gasteiger partial charge on any atom is 0.0599 e. The molecular formula is C12H22O. The second-order valence-electron chi connectivity index (χ2n) is 4.30. The van der Waals surface area contributed by atoms with Crippen molar-refractivity contribution in [1.82, 2.24) is 0 Å². The highest BCUT2D eigenvalue weighted by Crippen LogP contribution is 2.44. The molecule has 1 aliphatic rings. The van der Waals surface area contributed by atoms with Crippen LogP contribution in [0.25, 0.3) is 0 Å². The Balaban J connectivity index is 2.48. The van der Waals surface area contributed by atoms with E-state index in [1.54, 1.807) is 0 Å². The zero-order valence-corrected chi connectivity index (χ0v) is 8.76. The van der Waals surface area contributed by atoms with E-state index < -0.39 is 0 Å². The second kappa shape index (κ2) is 4.80. The van der Waals surface area contributed by atoms with Crippen LogP contribution in [-0.4, -0.2) is 11.2 Å². The van der Waals surface area contributed by atoms with Gasteiger partial charge in [0, 0.05) is 0 Å². The molecule has 13 heavy (non-hydrogen) atoms. The lowest BCUT2D eigenvalue weighted by molar-refractivity contribution is 0.0197. The highest BCUT2D eigenvalue weighted by molar-refractivity contribution is 4.90. The fourth-order valence-corrected chi connectivity index (χ4v) is 2.58. The second-order valence-corrected chi connectivity index (χ2v) is 4.30. The molecule has 1 heteroatoms. The Labute approximate surface area is 81.9 Å². The molecule has 1 atom stereocenters. The minimum atomic E-state index is -0.0991. The maximum atomic E-state index is 10.1. The van der Waals surface area contributed by atoms with E-state index >= 15 is 0 Å². The summed E-state index contributed by atoms with van der Waals surface area (Å²) >= 11 is 0. The summed E-state index contributed by atoms with van der Waals surface area (Å²) in [4.78, 5) is 0. The SMILES string of the molecule is C=CCCC(O)C1(CC)CCCC1. The van der Waals surface area contributed by atoms with Crippen molar-refractivity contribution >= 4 is 0 Å². The lowest BCUT2D eigenvalue weighted by Crippen LogP contribution is -2.31. The third-order valence-corrected chi connectivity index (χ3v) is 3.65. The first-order valence-corrected chi connectivity index (χ1v) is 5.54. The molecule has 0 bridgehead atoms. The van der Waals surface area contributed by atoms with Crippen molar-refractivity contribution in [2.45, 2.75) is 58.0 Å². The quantitative estimate of drug-likeness (QED) is 0.647. The van der Waals surface area contributed by atoms with Gasteiger partial charge in [0.05, 0.1) is 6.10 Å². The highest BCUT2D eigenvalue weighted by atomic mass is 16.3. The van der Waals surface area contributed by atoms with Crippen LogP contribution < -0.4 is 0 Å². The Morgan fingerprint density at radius 3 is 2.54 bits per heavy atom. The topological polar surface area (TPSA) is 20.2 Å². The van der Waals surface area contributed by atoms with Crippen molar-refractivity contribution in [1.29, 1.82) is 0 Å². The Morgan fingerprint density at radius 1 is 1.46 bits per heavy atom. The van der Waals surface area contributed by atoms with Crippen molar-refractivity contribution in [3.8, 4) is 0 Å². The Bertz CT molecular complexity index is 157. The number of hydrogen-bond donors (Lipinski definition) is 1. The van der Waals surface area contributed by atoms with Crippen LogP contribution >= 0.6 is 0 Å². The monoisotopic (exact) mass is 182 g/mol. The molecule has 0 aromatic carbocycles. The van der Waals surface area contributed by atoms with Crippen molar-refractivity contribution in [2.24, 2.45) is 5.41 Å². The average Bonchev–Trinajstić information content (AvgIpc) is 2.63. The summed E-state index contributed by atoms with van der Waals surface area (Å²) in [6, 6.07) is 0. The Hall–Kier alpha value is -0.300. The Morgan fingerprint density at radius 2 is 2.08 bits per heavy atom. The molecule has 0 spiro atoms. The van der Waals surface area contributed by atoms with Gasteiger partial charge in [-0.15, -0.1) is 6.58 Å². The first-order chi connectivity index (χ1) is 6.25. The number of aliphatic hydroxyl groups excluding tert-OH is 1. The molecule has 1 fully saturated rings. The van der Waals surface area contributed by atoms with Crippen LogP contribution in [0.4, 0.5) is 0 Å². The zero-order valence-electron chi connectivity index (χ0n) is 8.76. The van der Waals surface area contributed by atoms with Crippen LogP contribution in [0.15, 0.2) is 12.7 Å². The van der Waals surface area contributed by atoms with E-state index in [9.17, 15) is 5.11 Å². The molecule has 0 amide bonds. The average molecular weight is 182 g/mol. The normalized spacial score (nSPS) is 22.9. The molecule has 0 aliphatic heterocycles. The molecule has 1 nitrogen and oxygen atoms in total. The lowest BCUT2D eigenvalue weighted by atomic mass is 9.76. The summed E-state index contributed by atoms with van der Waals surface area (Å²) in [6.07, 6.45) is 9.84. The van der Waals surface area contributed by atoms with E-state index in [0.29, 0.717) is 0 Å². The van der Waals surface area contributed by atoms with Crippen LogP contribution in [0.3, 0.4) is 0 Å². The molecule has 1 aliphatic carbocycles. The predicted octanol–water partition coefficient (Wildman–Crippen LogP) is 3.28. The molecule has 0 heterocycles. The van der Waals surface area contributed by atoms with Gasteiger partial charge in [-0.2, -0.15) is 0 Å². The summed E-state index contributed by atoms with van der Waals surface area (Å²) in [6.45, 7) is 5.91. The van der Waals surface area contributed by atoms with Gasteiger partial charge in [-0.1, -0.05) is 25.8 Å². The van der Waals surface area contributed by atoms with Crippen LogP contribution in [-0.2, 0) is 0 Å². The molecule has 1 rings (SSSR count). The summed E-state index contributed by atoms with van der Waals surface area (Å²) in [5, 5.41) is 10.1. The summed E-state index contributed by atoms with van der Waals surface area (Å²) < 4.78 is 0. The smallest absolute Gasteiger partial charge is 0.0599 e. The van der Waals surface area contributed by atoms with Crippen molar-refractivity contribution in [2.75, 3.05) is 0 Å². The molecule has 76 valence electrons. The number of allylic oxidation sites excluding steroid dienone is 1.